The number of rotatable bonds is 4. The first-order valence-corrected chi connectivity index (χ1v) is 8.05. The molecule has 1 aromatic carbocycles. The van der Waals surface area contributed by atoms with Crippen LogP contribution in [-0.2, 0) is 4.79 Å². The van der Waals surface area contributed by atoms with Crippen molar-refractivity contribution in [2.75, 3.05) is 0 Å². The smallest absolute Gasteiger partial charge is 0.443 e. The Hall–Kier alpha value is -1.34. The Bertz CT molecular complexity index is 660. The Morgan fingerprint density at radius 1 is 1.48 bits per heavy atom. The maximum Gasteiger partial charge on any atom is 0.443 e. The number of ether oxygens (including phenoxy) is 1. The lowest BCUT2D eigenvalue weighted by molar-refractivity contribution is -0.200. The van der Waals surface area contributed by atoms with E-state index in [0.717, 1.165) is 6.08 Å². The molecule has 23 heavy (non-hydrogen) atoms. The van der Waals surface area contributed by atoms with Gasteiger partial charge >= 0.3 is 12.1 Å². The molecule has 0 radical (unpaired) electrons. The van der Waals surface area contributed by atoms with E-state index < -0.39 is 27.9 Å². The highest BCUT2D eigenvalue weighted by atomic mass is 35.5. The Balaban J connectivity index is 2.66. The molecule has 0 saturated carbocycles. The quantitative estimate of drug-likeness (QED) is 0.815. The number of carboxylic acids is 1. The summed E-state index contributed by atoms with van der Waals surface area (Å²) in [4.78, 5) is 8.54. The van der Waals surface area contributed by atoms with Gasteiger partial charge < -0.3 is 9.84 Å². The second-order valence-corrected chi connectivity index (χ2v) is 7.15. The molecule has 0 fully saturated rings. The summed E-state index contributed by atoms with van der Waals surface area (Å²) in [7, 11) is 0. The van der Waals surface area contributed by atoms with E-state index in [1.807, 2.05) is 0 Å². The molecule has 3 nitrogen and oxygen atoms in total. The maximum atomic E-state index is 13.8. The zero-order valence-electron chi connectivity index (χ0n) is 12.3. The third-order valence-electron chi connectivity index (χ3n) is 3.43. The van der Waals surface area contributed by atoms with E-state index in [9.17, 15) is 23.1 Å². The van der Waals surface area contributed by atoms with Crippen LogP contribution in [0.1, 0.15) is 25.8 Å². The van der Waals surface area contributed by atoms with E-state index in [4.69, 9.17) is 16.3 Å². The van der Waals surface area contributed by atoms with Crippen LogP contribution in [0.2, 0.25) is 5.02 Å². The fourth-order valence-corrected chi connectivity index (χ4v) is 3.58. The van der Waals surface area contributed by atoms with Crippen LogP contribution in [0.4, 0.5) is 13.2 Å². The predicted molar refractivity (Wildman–Crippen MR) is 83.8 cm³/mol. The third kappa shape index (κ3) is 3.30. The molecular weight excluding hydrogens is 353 g/mol. The van der Waals surface area contributed by atoms with Crippen LogP contribution in [0.3, 0.4) is 0 Å². The average molecular weight is 367 g/mol. The zero-order valence-corrected chi connectivity index (χ0v) is 13.9. The first-order chi connectivity index (χ1) is 10.6. The van der Waals surface area contributed by atoms with Crippen LogP contribution < -0.4 is 4.74 Å². The molecule has 0 aromatic heterocycles. The lowest BCUT2D eigenvalue weighted by Crippen LogP contribution is -2.53. The molecule has 0 saturated heterocycles. The lowest BCUT2D eigenvalue weighted by atomic mass is 10.0. The minimum atomic E-state index is -4.90. The SMILES string of the molecule is CCC(C)SC1(C(F)(F)F)Oc2ccc(Cl)cc2C=C1C(=O)O. The topological polar surface area (TPSA) is 46.5 Å². The van der Waals surface area contributed by atoms with Gasteiger partial charge in [0.25, 0.3) is 4.93 Å². The Morgan fingerprint density at radius 2 is 2.13 bits per heavy atom. The standard InChI is InChI=1S/C15H14ClF3O3S/c1-3-8(2)23-14(15(17,18)19)11(13(20)21)7-9-6-10(16)4-5-12(9)22-14/h4-8H,3H2,1-2H3,(H,20,21). The maximum absolute atomic E-state index is 13.8. The van der Waals surface area contributed by atoms with Crippen molar-refractivity contribution in [3.63, 3.8) is 0 Å². The van der Waals surface area contributed by atoms with Gasteiger partial charge in [-0.05, 0) is 30.7 Å². The first kappa shape index (κ1) is 18.0. The van der Waals surface area contributed by atoms with Gasteiger partial charge in [0.15, 0.2) is 0 Å². The predicted octanol–water partition coefficient (Wildman–Crippen LogP) is 4.99. The second-order valence-electron chi connectivity index (χ2n) is 5.10. The first-order valence-electron chi connectivity index (χ1n) is 6.79. The molecule has 1 heterocycles. The summed E-state index contributed by atoms with van der Waals surface area (Å²) in [6.45, 7) is 3.32. The van der Waals surface area contributed by atoms with Gasteiger partial charge in [-0.1, -0.05) is 37.2 Å². The number of carbonyl (C=O) groups is 1. The Labute approximate surface area is 140 Å². The number of aliphatic carboxylic acids is 1. The van der Waals surface area contributed by atoms with E-state index in [1.54, 1.807) is 13.8 Å². The van der Waals surface area contributed by atoms with Crippen molar-refractivity contribution in [2.45, 2.75) is 36.6 Å². The zero-order chi connectivity index (χ0) is 17.4. The van der Waals surface area contributed by atoms with Crippen molar-refractivity contribution in [2.24, 2.45) is 0 Å². The van der Waals surface area contributed by atoms with Crippen molar-refractivity contribution in [1.29, 1.82) is 0 Å². The number of benzene rings is 1. The second kappa shape index (κ2) is 6.28. The minimum Gasteiger partial charge on any atom is -0.478 e. The van der Waals surface area contributed by atoms with E-state index in [0.29, 0.717) is 18.2 Å². The molecule has 2 rings (SSSR count). The van der Waals surface area contributed by atoms with Crippen LogP contribution in [0, 0.1) is 0 Å². The largest absolute Gasteiger partial charge is 0.478 e. The minimum absolute atomic E-state index is 0.0486. The third-order valence-corrected chi connectivity index (χ3v) is 5.26. The van der Waals surface area contributed by atoms with Crippen LogP contribution in [-0.4, -0.2) is 27.4 Å². The van der Waals surface area contributed by atoms with Crippen molar-refractivity contribution in [1.82, 2.24) is 0 Å². The van der Waals surface area contributed by atoms with Crippen molar-refractivity contribution < 1.29 is 27.8 Å². The number of thioether (sulfide) groups is 1. The Morgan fingerprint density at radius 3 is 2.65 bits per heavy atom. The van der Waals surface area contributed by atoms with Gasteiger partial charge in [-0.15, -0.1) is 0 Å². The van der Waals surface area contributed by atoms with Crippen molar-refractivity contribution in [3.05, 3.63) is 34.4 Å². The van der Waals surface area contributed by atoms with E-state index in [1.165, 1.54) is 18.2 Å². The number of hydrogen-bond donors (Lipinski definition) is 1. The highest BCUT2D eigenvalue weighted by Gasteiger charge is 2.64. The number of fused-ring (bicyclic) bond motifs is 1. The van der Waals surface area contributed by atoms with Crippen LogP contribution in [0.5, 0.6) is 5.75 Å². The number of hydrogen-bond acceptors (Lipinski definition) is 3. The van der Waals surface area contributed by atoms with Gasteiger partial charge in [0.1, 0.15) is 11.3 Å². The molecule has 1 aliphatic heterocycles. The van der Waals surface area contributed by atoms with Crippen LogP contribution in [0.25, 0.3) is 6.08 Å². The van der Waals surface area contributed by atoms with Crippen LogP contribution in [0.15, 0.2) is 23.8 Å². The summed E-state index contributed by atoms with van der Waals surface area (Å²) >= 11 is 6.26. The van der Waals surface area contributed by atoms with Gasteiger partial charge in [-0.25, -0.2) is 4.79 Å². The summed E-state index contributed by atoms with van der Waals surface area (Å²) in [5, 5.41) is 9.15. The van der Waals surface area contributed by atoms with E-state index in [-0.39, 0.29) is 16.3 Å². The highest BCUT2D eigenvalue weighted by Crippen LogP contribution is 2.53. The fourth-order valence-electron chi connectivity index (χ4n) is 2.12. The summed E-state index contributed by atoms with van der Waals surface area (Å²) in [6, 6.07) is 4.08. The van der Waals surface area contributed by atoms with Crippen molar-refractivity contribution >= 4 is 35.4 Å². The number of alkyl halides is 3. The van der Waals surface area contributed by atoms with Crippen molar-refractivity contribution in [3.8, 4) is 5.75 Å². The number of halogens is 4. The van der Waals surface area contributed by atoms with Gasteiger partial charge in [-0.3, -0.25) is 0 Å². The molecule has 1 aromatic rings. The summed E-state index contributed by atoms with van der Waals surface area (Å²) in [5.41, 5.74) is -0.649. The van der Waals surface area contributed by atoms with Gasteiger partial charge in [0.05, 0.1) is 0 Å². The average Bonchev–Trinajstić information content (AvgIpc) is 2.45. The molecule has 1 aliphatic rings. The Kier molecular flexibility index (Phi) is 4.92. The highest BCUT2D eigenvalue weighted by molar-refractivity contribution is 8.01. The molecule has 1 N–H and O–H groups in total. The molecule has 2 unspecified atom stereocenters. The van der Waals surface area contributed by atoms with E-state index >= 15 is 0 Å². The van der Waals surface area contributed by atoms with Crippen LogP contribution >= 0.6 is 23.4 Å². The molecule has 2 atom stereocenters. The molecule has 8 heteroatoms. The summed E-state index contributed by atoms with van der Waals surface area (Å²) in [6.07, 6.45) is -3.48. The molecule has 0 aliphatic carbocycles. The fraction of sp³-hybridized carbons (Fsp3) is 0.400. The normalized spacial score (nSPS) is 21.9. The monoisotopic (exact) mass is 366 g/mol. The number of carboxylic acid groups (broad SMARTS) is 1. The van der Waals surface area contributed by atoms with E-state index in [2.05, 4.69) is 0 Å². The van der Waals surface area contributed by atoms with Gasteiger partial charge in [0.2, 0.25) is 0 Å². The summed E-state index contributed by atoms with van der Waals surface area (Å²) < 4.78 is 46.6. The van der Waals surface area contributed by atoms with Gasteiger partial charge in [-0.2, -0.15) is 13.2 Å². The molecule has 0 bridgehead atoms. The molecule has 0 amide bonds. The molecular formula is C15H14ClF3O3S. The van der Waals surface area contributed by atoms with Gasteiger partial charge in [0, 0.05) is 15.8 Å². The molecule has 126 valence electrons. The summed E-state index contributed by atoms with van der Waals surface area (Å²) in [5.74, 6) is -1.73. The lowest BCUT2D eigenvalue weighted by Gasteiger charge is -2.40. The molecule has 0 spiro atoms.